The van der Waals surface area contributed by atoms with Gasteiger partial charge in [0.05, 0.1) is 18.8 Å². The van der Waals surface area contributed by atoms with Gasteiger partial charge in [0.15, 0.2) is 11.5 Å². The van der Waals surface area contributed by atoms with Gasteiger partial charge in [0.25, 0.3) is 0 Å². The zero-order chi connectivity index (χ0) is 20.2. The van der Waals surface area contributed by atoms with Crippen LogP contribution in [-0.2, 0) is 16.0 Å². The van der Waals surface area contributed by atoms with E-state index in [-0.39, 0.29) is 24.8 Å². The van der Waals surface area contributed by atoms with Gasteiger partial charge in [0, 0.05) is 19.5 Å². The molecule has 0 N–H and O–H groups in total. The van der Waals surface area contributed by atoms with Gasteiger partial charge in [0.1, 0.15) is 0 Å². The molecule has 0 radical (unpaired) electrons. The molecule has 0 unspecified atom stereocenters. The minimum Gasteiger partial charge on any atom is -0.454 e. The van der Waals surface area contributed by atoms with E-state index in [1.165, 1.54) is 0 Å². The summed E-state index contributed by atoms with van der Waals surface area (Å²) in [4.78, 5) is 17.3. The number of hydrogen-bond acceptors (Lipinski definition) is 5. The average Bonchev–Trinajstić information content (AvgIpc) is 3.20. The van der Waals surface area contributed by atoms with E-state index >= 15 is 0 Å². The van der Waals surface area contributed by atoms with E-state index in [0.717, 1.165) is 29.2 Å². The van der Waals surface area contributed by atoms with Crippen LogP contribution in [0.5, 0.6) is 11.5 Å². The quantitative estimate of drug-likeness (QED) is 0.752. The molecule has 6 nitrogen and oxygen atoms in total. The van der Waals surface area contributed by atoms with E-state index in [4.69, 9.17) is 14.2 Å². The number of ether oxygens (including phenoxy) is 3. The maximum absolute atomic E-state index is 13.2. The highest BCUT2D eigenvalue weighted by molar-refractivity contribution is 5.77. The first kappa shape index (κ1) is 19.7. The van der Waals surface area contributed by atoms with Crippen molar-refractivity contribution >= 4 is 5.91 Å². The molecule has 154 valence electrons. The minimum atomic E-state index is -0.0726. The molecule has 2 aromatic carbocycles. The lowest BCUT2D eigenvalue weighted by Crippen LogP contribution is -2.51. The number of fused-ring (bicyclic) bond motifs is 1. The highest BCUT2D eigenvalue weighted by Gasteiger charge is 2.36. The number of nitrogens with zero attached hydrogens (tertiary/aromatic N) is 2. The average molecular weight is 396 g/mol. The summed E-state index contributed by atoms with van der Waals surface area (Å²) in [6, 6.07) is 16.0. The summed E-state index contributed by atoms with van der Waals surface area (Å²) in [7, 11) is 4.07. The number of aryl methyl sites for hydroxylation is 1. The van der Waals surface area contributed by atoms with Gasteiger partial charge in [-0.1, -0.05) is 36.4 Å². The number of carbonyl (C=O) groups excluding carboxylic acids is 1. The molecule has 1 saturated heterocycles. The molecular formula is C23H28N2O4. The number of hydrogen-bond donors (Lipinski definition) is 0. The smallest absolute Gasteiger partial charge is 0.231 e. The zero-order valence-corrected chi connectivity index (χ0v) is 17.0. The Morgan fingerprint density at radius 2 is 1.90 bits per heavy atom. The summed E-state index contributed by atoms with van der Waals surface area (Å²) in [5.74, 6) is 1.68. The van der Waals surface area contributed by atoms with Crippen molar-refractivity contribution in [3.63, 3.8) is 0 Å². The van der Waals surface area contributed by atoms with E-state index in [1.54, 1.807) is 0 Å². The normalized spacial score (nSPS) is 20.9. The molecule has 0 spiro atoms. The van der Waals surface area contributed by atoms with Crippen LogP contribution in [0, 0.1) is 0 Å². The second-order valence-electron chi connectivity index (χ2n) is 7.80. The first-order valence-electron chi connectivity index (χ1n) is 10.1. The van der Waals surface area contributed by atoms with Crippen LogP contribution in [0.1, 0.15) is 23.6 Å². The monoisotopic (exact) mass is 396 g/mol. The van der Waals surface area contributed by atoms with Gasteiger partial charge in [-0.3, -0.25) is 4.79 Å². The molecule has 2 aliphatic rings. The van der Waals surface area contributed by atoms with Gasteiger partial charge in [-0.2, -0.15) is 0 Å². The summed E-state index contributed by atoms with van der Waals surface area (Å²) in [6.45, 7) is 2.21. The molecule has 0 aromatic heterocycles. The second-order valence-corrected chi connectivity index (χ2v) is 7.80. The molecule has 0 aliphatic carbocycles. The van der Waals surface area contributed by atoms with Gasteiger partial charge in [-0.05, 0) is 43.8 Å². The van der Waals surface area contributed by atoms with Gasteiger partial charge in [-0.25, -0.2) is 0 Å². The summed E-state index contributed by atoms with van der Waals surface area (Å²) in [5, 5.41) is 0. The fourth-order valence-corrected chi connectivity index (χ4v) is 4.06. The Kier molecular flexibility index (Phi) is 6.02. The Bertz CT molecular complexity index is 840. The lowest BCUT2D eigenvalue weighted by atomic mass is 9.96. The number of carbonyl (C=O) groups is 1. The van der Waals surface area contributed by atoms with Crippen LogP contribution < -0.4 is 9.47 Å². The second kappa shape index (κ2) is 8.84. The highest BCUT2D eigenvalue weighted by atomic mass is 16.7. The number of amides is 1. The van der Waals surface area contributed by atoms with Crippen molar-refractivity contribution in [1.82, 2.24) is 9.80 Å². The lowest BCUT2D eigenvalue weighted by Gasteiger charge is -2.42. The summed E-state index contributed by atoms with van der Waals surface area (Å²) < 4.78 is 16.9. The third kappa shape index (κ3) is 4.54. The summed E-state index contributed by atoms with van der Waals surface area (Å²) >= 11 is 0. The van der Waals surface area contributed by atoms with Gasteiger partial charge >= 0.3 is 0 Å². The van der Waals surface area contributed by atoms with E-state index in [2.05, 4.69) is 17.0 Å². The fraction of sp³-hybridized carbons (Fsp3) is 0.435. The number of rotatable bonds is 6. The molecule has 6 heteroatoms. The van der Waals surface area contributed by atoms with E-state index in [9.17, 15) is 4.79 Å². The molecule has 1 fully saturated rings. The van der Waals surface area contributed by atoms with Crippen molar-refractivity contribution in [2.45, 2.75) is 25.0 Å². The predicted molar refractivity (Wildman–Crippen MR) is 110 cm³/mol. The summed E-state index contributed by atoms with van der Waals surface area (Å²) in [6.07, 6.45) is 1.08. The molecular weight excluding hydrogens is 368 g/mol. The third-order valence-electron chi connectivity index (χ3n) is 5.42. The molecule has 0 saturated carbocycles. The van der Waals surface area contributed by atoms with Crippen LogP contribution in [0.3, 0.4) is 0 Å². The van der Waals surface area contributed by atoms with Crippen LogP contribution in [0.2, 0.25) is 0 Å². The van der Waals surface area contributed by atoms with Crippen LogP contribution in [-0.4, -0.2) is 62.4 Å². The van der Waals surface area contributed by atoms with E-state index < -0.39 is 0 Å². The van der Waals surface area contributed by atoms with Crippen molar-refractivity contribution in [3.05, 3.63) is 59.7 Å². The van der Waals surface area contributed by atoms with Gasteiger partial charge < -0.3 is 24.0 Å². The van der Waals surface area contributed by atoms with Crippen LogP contribution in [0.4, 0.5) is 0 Å². The first-order chi connectivity index (χ1) is 14.1. The molecule has 2 heterocycles. The standard InChI is InChI=1S/C23H28N2O4/c1-24(2)15-21-23(18-6-4-3-5-7-18)25(12-13-27-21)22(26)11-9-17-8-10-19-20(14-17)29-16-28-19/h3-8,10,14,21,23H,9,11-13,15-16H2,1-2H3/t21-,23-/m0/s1. The topological polar surface area (TPSA) is 51.2 Å². The zero-order valence-electron chi connectivity index (χ0n) is 17.0. The van der Waals surface area contributed by atoms with Crippen molar-refractivity contribution in [2.24, 2.45) is 0 Å². The summed E-state index contributed by atoms with van der Waals surface area (Å²) in [5.41, 5.74) is 2.20. The first-order valence-corrected chi connectivity index (χ1v) is 10.1. The molecule has 1 amide bonds. The van der Waals surface area contributed by atoms with Crippen molar-refractivity contribution in [1.29, 1.82) is 0 Å². The Hall–Kier alpha value is -2.57. The molecule has 2 aliphatic heterocycles. The maximum Gasteiger partial charge on any atom is 0.231 e. The largest absolute Gasteiger partial charge is 0.454 e. The lowest BCUT2D eigenvalue weighted by molar-refractivity contribution is -0.148. The number of morpholine rings is 1. The van der Waals surface area contributed by atoms with Gasteiger partial charge in [-0.15, -0.1) is 0 Å². The van der Waals surface area contributed by atoms with Crippen molar-refractivity contribution in [2.75, 3.05) is 40.6 Å². The Morgan fingerprint density at radius 1 is 1.10 bits per heavy atom. The molecule has 2 aromatic rings. The van der Waals surface area contributed by atoms with E-state index in [0.29, 0.717) is 26.0 Å². The molecule has 0 bridgehead atoms. The molecule has 29 heavy (non-hydrogen) atoms. The Morgan fingerprint density at radius 3 is 2.69 bits per heavy atom. The van der Waals surface area contributed by atoms with Crippen LogP contribution in [0.15, 0.2) is 48.5 Å². The third-order valence-corrected chi connectivity index (χ3v) is 5.42. The van der Waals surface area contributed by atoms with Crippen LogP contribution in [0.25, 0.3) is 0 Å². The van der Waals surface area contributed by atoms with E-state index in [1.807, 2.05) is 55.4 Å². The number of benzene rings is 2. The molecule has 2 atom stereocenters. The number of likely N-dealkylation sites (N-methyl/N-ethyl adjacent to an activating group) is 1. The predicted octanol–water partition coefficient (Wildman–Crippen LogP) is 2.88. The highest BCUT2D eigenvalue weighted by Crippen LogP contribution is 2.34. The van der Waals surface area contributed by atoms with Crippen molar-refractivity contribution < 1.29 is 19.0 Å². The minimum absolute atomic E-state index is 0.0457. The van der Waals surface area contributed by atoms with Crippen molar-refractivity contribution in [3.8, 4) is 11.5 Å². The van der Waals surface area contributed by atoms with Crippen LogP contribution >= 0.6 is 0 Å². The molecule has 4 rings (SSSR count). The SMILES string of the molecule is CN(C)C[C@@H]1OCCN(C(=O)CCc2ccc3c(c2)OCO3)[C@H]1c1ccccc1. The maximum atomic E-state index is 13.2. The van der Waals surface area contributed by atoms with Gasteiger partial charge in [0.2, 0.25) is 12.7 Å². The fourth-order valence-electron chi connectivity index (χ4n) is 4.06. The Balaban J connectivity index is 1.48. The Labute approximate surface area is 172 Å².